The largest absolute Gasteiger partial charge is 0.416 e. The first-order valence-corrected chi connectivity index (χ1v) is 15.2. The second kappa shape index (κ2) is 10.8. The number of hydrogen-bond acceptors (Lipinski definition) is 4. The summed E-state index contributed by atoms with van der Waals surface area (Å²) >= 11 is 1.73. The molecule has 9 heteroatoms. The molecule has 2 aromatic carbocycles. The zero-order chi connectivity index (χ0) is 29.6. The van der Waals surface area contributed by atoms with E-state index in [0.717, 1.165) is 36.5 Å². The number of carbonyl (C=O) groups excluding carboxylic acids is 1. The highest BCUT2D eigenvalue weighted by molar-refractivity contribution is 7.10. The molecular formula is C33H32F3N3O2S. The van der Waals surface area contributed by atoms with Gasteiger partial charge in [-0.05, 0) is 77.4 Å². The van der Waals surface area contributed by atoms with Crippen molar-refractivity contribution in [3.63, 3.8) is 0 Å². The molecule has 6 rings (SSSR count). The normalized spacial score (nSPS) is 16.3. The van der Waals surface area contributed by atoms with Crippen LogP contribution in [0.2, 0.25) is 0 Å². The molecule has 2 aromatic heterocycles. The van der Waals surface area contributed by atoms with E-state index in [1.807, 2.05) is 0 Å². The van der Waals surface area contributed by atoms with Crippen molar-refractivity contribution in [1.82, 2.24) is 14.9 Å². The lowest BCUT2D eigenvalue weighted by atomic mass is 9.99. The fourth-order valence-corrected chi connectivity index (χ4v) is 7.05. The van der Waals surface area contributed by atoms with E-state index in [-0.39, 0.29) is 29.8 Å². The highest BCUT2D eigenvalue weighted by Crippen LogP contribution is 2.54. The molecule has 0 bridgehead atoms. The average molecular weight is 592 g/mol. The fraction of sp³-hybridized carbons (Fsp3) is 0.364. The molecule has 0 saturated heterocycles. The van der Waals surface area contributed by atoms with Crippen LogP contribution in [0.5, 0.6) is 0 Å². The molecule has 1 fully saturated rings. The van der Waals surface area contributed by atoms with Crippen molar-refractivity contribution in [3.05, 3.63) is 109 Å². The molecule has 218 valence electrons. The zero-order valence-electron chi connectivity index (χ0n) is 23.6. The molecule has 1 aliphatic carbocycles. The Bertz CT molecular complexity index is 1700. The van der Waals surface area contributed by atoms with Crippen LogP contribution < -0.4 is 5.56 Å². The molecule has 0 spiro atoms. The molecule has 0 atom stereocenters. The monoisotopic (exact) mass is 591 g/mol. The number of aromatic amines is 1. The molecule has 0 unspecified atom stereocenters. The second-order valence-corrected chi connectivity index (χ2v) is 12.6. The number of halogens is 3. The Morgan fingerprint density at radius 2 is 1.83 bits per heavy atom. The van der Waals surface area contributed by atoms with Gasteiger partial charge in [-0.3, -0.25) is 9.59 Å². The maximum atomic E-state index is 13.4. The maximum Gasteiger partial charge on any atom is 0.416 e. The van der Waals surface area contributed by atoms with E-state index < -0.39 is 11.7 Å². The van der Waals surface area contributed by atoms with E-state index in [1.165, 1.54) is 16.5 Å². The third-order valence-corrected chi connectivity index (χ3v) is 9.56. The number of aromatic nitrogens is 2. The Labute approximate surface area is 246 Å². The molecule has 4 aromatic rings. The second-order valence-electron chi connectivity index (χ2n) is 11.7. The van der Waals surface area contributed by atoms with Gasteiger partial charge in [-0.2, -0.15) is 13.2 Å². The number of alkyl halides is 3. The summed E-state index contributed by atoms with van der Waals surface area (Å²) in [5.41, 5.74) is 3.23. The first-order valence-electron chi connectivity index (χ1n) is 14.3. The number of amides is 1. The molecule has 1 saturated carbocycles. The molecule has 5 nitrogen and oxygen atoms in total. The van der Waals surface area contributed by atoms with Crippen molar-refractivity contribution in [3.8, 4) is 11.1 Å². The molecule has 42 heavy (non-hydrogen) atoms. The van der Waals surface area contributed by atoms with Crippen molar-refractivity contribution in [2.24, 2.45) is 0 Å². The number of carbonyl (C=O) groups is 1. The standard InChI is InChI=1S/C33H32F3N3O2S/c1-20(2)24-17-28(42-19-24)32(11-12-32)31-37-27-10-5-13-39(18-26(27)30(41)38-31)29(40)15-21-6-3-7-22(14-21)23-8-4-9-25(16-23)33(34,35)36/h3-4,6-9,14,16-17,19-20H,5,10-13,15,18H2,1-2H3,(H,37,38,41). The van der Waals surface area contributed by atoms with Crippen LogP contribution in [0.15, 0.2) is 64.8 Å². The summed E-state index contributed by atoms with van der Waals surface area (Å²) in [7, 11) is 0. The molecule has 0 radical (unpaired) electrons. The number of H-pyrrole nitrogens is 1. The number of thiophene rings is 1. The highest BCUT2D eigenvalue weighted by Gasteiger charge is 2.50. The predicted octanol–water partition coefficient (Wildman–Crippen LogP) is 7.24. The Morgan fingerprint density at radius 1 is 1.10 bits per heavy atom. The minimum atomic E-state index is -4.43. The first kappa shape index (κ1) is 28.4. The topological polar surface area (TPSA) is 66.1 Å². The van der Waals surface area contributed by atoms with Gasteiger partial charge < -0.3 is 9.88 Å². The van der Waals surface area contributed by atoms with Crippen LogP contribution in [0, 0.1) is 0 Å². The quantitative estimate of drug-likeness (QED) is 0.257. The van der Waals surface area contributed by atoms with Crippen molar-refractivity contribution < 1.29 is 18.0 Å². The Balaban J connectivity index is 1.20. The van der Waals surface area contributed by atoms with Crippen LogP contribution in [-0.4, -0.2) is 27.3 Å². The van der Waals surface area contributed by atoms with Gasteiger partial charge in [0.25, 0.3) is 5.56 Å². The number of aryl methyl sites for hydroxylation is 1. The lowest BCUT2D eigenvalue weighted by Gasteiger charge is -2.21. The highest BCUT2D eigenvalue weighted by atomic mass is 32.1. The molecule has 1 aliphatic heterocycles. The van der Waals surface area contributed by atoms with Gasteiger partial charge in [-0.1, -0.05) is 50.2 Å². The summed E-state index contributed by atoms with van der Waals surface area (Å²) < 4.78 is 39.7. The molecule has 1 N–H and O–H groups in total. The number of benzene rings is 2. The van der Waals surface area contributed by atoms with Gasteiger partial charge in [0.2, 0.25) is 5.91 Å². The van der Waals surface area contributed by atoms with Crippen molar-refractivity contribution in [1.29, 1.82) is 0 Å². The number of nitrogens with one attached hydrogen (secondary N) is 1. The van der Waals surface area contributed by atoms with E-state index in [9.17, 15) is 22.8 Å². The van der Waals surface area contributed by atoms with Gasteiger partial charge in [0.05, 0.1) is 35.2 Å². The number of hydrogen-bond donors (Lipinski definition) is 1. The van der Waals surface area contributed by atoms with Gasteiger partial charge in [0, 0.05) is 11.4 Å². The summed E-state index contributed by atoms with van der Waals surface area (Å²) in [4.78, 5) is 37.8. The SMILES string of the molecule is CC(C)c1csc(C2(c3nc4c(c(=O)[nH]3)CN(C(=O)Cc3cccc(-c5cccc(C(F)(F)F)c5)c3)CCC4)CC2)c1. The van der Waals surface area contributed by atoms with Crippen molar-refractivity contribution in [2.45, 2.75) is 70.0 Å². The summed E-state index contributed by atoms with van der Waals surface area (Å²) in [5, 5.41) is 2.19. The summed E-state index contributed by atoms with van der Waals surface area (Å²) in [5.74, 6) is 1.04. The molecule has 1 amide bonds. The van der Waals surface area contributed by atoms with Crippen molar-refractivity contribution >= 4 is 17.2 Å². The number of nitrogens with zero attached hydrogens (tertiary/aromatic N) is 2. The van der Waals surface area contributed by atoms with E-state index >= 15 is 0 Å². The van der Waals surface area contributed by atoms with Gasteiger partial charge in [0.1, 0.15) is 5.82 Å². The van der Waals surface area contributed by atoms with Crippen molar-refractivity contribution in [2.75, 3.05) is 6.54 Å². The van der Waals surface area contributed by atoms with Crippen LogP contribution in [0.1, 0.15) is 77.7 Å². The van der Waals surface area contributed by atoms with Gasteiger partial charge in [-0.15, -0.1) is 11.3 Å². The summed E-state index contributed by atoms with van der Waals surface area (Å²) in [6.07, 6.45) is -1.11. The molecule has 2 aliphatic rings. The van der Waals surface area contributed by atoms with Gasteiger partial charge >= 0.3 is 6.18 Å². The summed E-state index contributed by atoms with van der Waals surface area (Å²) in [6.45, 7) is 5.04. The average Bonchev–Trinajstić information content (AvgIpc) is 3.67. The smallest absolute Gasteiger partial charge is 0.338 e. The lowest BCUT2D eigenvalue weighted by Crippen LogP contribution is -2.34. The van der Waals surface area contributed by atoms with E-state index in [0.29, 0.717) is 47.6 Å². The van der Waals surface area contributed by atoms with E-state index in [2.05, 4.69) is 30.3 Å². The minimum absolute atomic E-state index is 0.0885. The van der Waals surface area contributed by atoms with Crippen LogP contribution in [-0.2, 0) is 35.8 Å². The third-order valence-electron chi connectivity index (χ3n) is 8.41. The van der Waals surface area contributed by atoms with Gasteiger partial charge in [-0.25, -0.2) is 4.98 Å². The maximum absolute atomic E-state index is 13.4. The van der Waals surface area contributed by atoms with Gasteiger partial charge in [0.15, 0.2) is 0 Å². The zero-order valence-corrected chi connectivity index (χ0v) is 24.4. The fourth-order valence-electron chi connectivity index (χ4n) is 5.71. The molecule has 3 heterocycles. The van der Waals surface area contributed by atoms with Crippen LogP contribution in [0.4, 0.5) is 13.2 Å². The lowest BCUT2D eigenvalue weighted by molar-refractivity contribution is -0.137. The van der Waals surface area contributed by atoms with E-state index in [4.69, 9.17) is 4.98 Å². The van der Waals surface area contributed by atoms with Crippen LogP contribution >= 0.6 is 11.3 Å². The third kappa shape index (κ3) is 5.54. The van der Waals surface area contributed by atoms with E-state index in [1.54, 1.807) is 46.6 Å². The Kier molecular flexibility index (Phi) is 7.33. The predicted molar refractivity (Wildman–Crippen MR) is 158 cm³/mol. The summed E-state index contributed by atoms with van der Waals surface area (Å²) in [6, 6.07) is 14.5. The number of fused-ring (bicyclic) bond motifs is 1. The van der Waals surface area contributed by atoms with Crippen LogP contribution in [0.25, 0.3) is 11.1 Å². The first-order chi connectivity index (χ1) is 20.0. The minimum Gasteiger partial charge on any atom is -0.338 e. The van der Waals surface area contributed by atoms with Crippen LogP contribution in [0.3, 0.4) is 0 Å². The molecular weight excluding hydrogens is 559 g/mol. The Morgan fingerprint density at radius 3 is 2.52 bits per heavy atom. The Hall–Kier alpha value is -3.72. The number of rotatable bonds is 6.